The molecule has 0 saturated carbocycles. The number of pyridine rings is 1. The monoisotopic (exact) mass is 211 g/mol. The topological polar surface area (TPSA) is 12.9 Å². The number of thiol groups is 1. The van der Waals surface area contributed by atoms with Gasteiger partial charge in [-0.25, -0.2) is 0 Å². The zero-order chi connectivity index (χ0) is 9.19. The first kappa shape index (κ1) is 9.73. The summed E-state index contributed by atoms with van der Waals surface area (Å²) in [5.74, 6) is 0. The second-order valence-electron chi connectivity index (χ2n) is 1.97. The highest BCUT2D eigenvalue weighted by molar-refractivity contribution is 8.68. The average Bonchev–Trinajstić information content (AvgIpc) is 2.03. The molecule has 0 aromatic carbocycles. The number of aromatic nitrogens is 1. The van der Waals surface area contributed by atoms with E-state index in [-0.39, 0.29) is 0 Å². The predicted octanol–water partition coefficient (Wildman–Crippen LogP) is 3.04. The molecule has 6 heteroatoms. The Morgan fingerprint density at radius 3 is 2.58 bits per heavy atom. The number of hydrogen-bond acceptors (Lipinski definition) is 3. The van der Waals surface area contributed by atoms with Crippen LogP contribution in [0.4, 0.5) is 13.2 Å². The Hall–Kier alpha value is -0.360. The molecule has 12 heavy (non-hydrogen) atoms. The quantitative estimate of drug-likeness (QED) is 0.566. The molecule has 1 aromatic heterocycles. The van der Waals surface area contributed by atoms with Crippen molar-refractivity contribution in [3.05, 3.63) is 24.0 Å². The molecular weight excluding hydrogens is 207 g/mol. The Morgan fingerprint density at radius 2 is 2.08 bits per heavy atom. The molecule has 0 N–H and O–H groups in total. The highest BCUT2D eigenvalue weighted by Gasteiger charge is 2.32. The number of hydrogen-bond donors (Lipinski definition) is 1. The molecule has 0 unspecified atom stereocenters. The normalized spacial score (nSPS) is 11.7. The molecule has 1 nitrogen and oxygen atoms in total. The largest absolute Gasteiger partial charge is 0.433 e. The van der Waals surface area contributed by atoms with Crippen molar-refractivity contribution in [2.24, 2.45) is 0 Å². The van der Waals surface area contributed by atoms with Crippen molar-refractivity contribution in [1.82, 2.24) is 4.98 Å². The van der Waals surface area contributed by atoms with Gasteiger partial charge in [0.2, 0.25) is 0 Å². The van der Waals surface area contributed by atoms with Gasteiger partial charge >= 0.3 is 6.18 Å². The molecule has 0 aliphatic heterocycles. The van der Waals surface area contributed by atoms with Crippen LogP contribution in [0.3, 0.4) is 0 Å². The van der Waals surface area contributed by atoms with Crippen LogP contribution in [0.25, 0.3) is 0 Å². The maximum absolute atomic E-state index is 12.0. The van der Waals surface area contributed by atoms with Crippen LogP contribution in [-0.4, -0.2) is 4.98 Å². The molecule has 0 amide bonds. The van der Waals surface area contributed by atoms with E-state index in [1.807, 2.05) is 0 Å². The van der Waals surface area contributed by atoms with E-state index in [1.54, 1.807) is 0 Å². The van der Waals surface area contributed by atoms with Crippen LogP contribution in [0.15, 0.2) is 23.2 Å². The molecule has 66 valence electrons. The second kappa shape index (κ2) is 3.57. The minimum Gasteiger partial charge on any atom is -0.252 e. The Bertz CT molecular complexity index is 274. The van der Waals surface area contributed by atoms with Gasteiger partial charge in [0.25, 0.3) is 0 Å². The lowest BCUT2D eigenvalue weighted by Crippen LogP contribution is -2.07. The van der Waals surface area contributed by atoms with Gasteiger partial charge in [0.1, 0.15) is 5.69 Å². The molecule has 0 fully saturated rings. The van der Waals surface area contributed by atoms with E-state index >= 15 is 0 Å². The van der Waals surface area contributed by atoms with Crippen molar-refractivity contribution in [2.45, 2.75) is 11.1 Å². The summed E-state index contributed by atoms with van der Waals surface area (Å²) in [5, 5.41) is 0. The fourth-order valence-corrected chi connectivity index (χ4v) is 1.25. The lowest BCUT2D eigenvalue weighted by Gasteiger charge is -2.05. The maximum Gasteiger partial charge on any atom is 0.433 e. The molecular formula is C6H4F3NS2. The van der Waals surface area contributed by atoms with Crippen molar-refractivity contribution >= 4 is 22.5 Å². The summed E-state index contributed by atoms with van der Waals surface area (Å²) in [6.45, 7) is 0. The summed E-state index contributed by atoms with van der Waals surface area (Å²) in [4.78, 5) is 3.62. The van der Waals surface area contributed by atoms with Gasteiger partial charge in [-0.05, 0) is 12.1 Å². The maximum atomic E-state index is 12.0. The van der Waals surface area contributed by atoms with Crippen molar-refractivity contribution in [3.63, 3.8) is 0 Å². The third kappa shape index (κ3) is 2.31. The first-order valence-electron chi connectivity index (χ1n) is 2.88. The Balaban J connectivity index is 3.02. The summed E-state index contributed by atoms with van der Waals surface area (Å²) in [5.41, 5.74) is -0.887. The van der Waals surface area contributed by atoms with E-state index in [9.17, 15) is 13.2 Å². The van der Waals surface area contributed by atoms with Crippen LogP contribution in [-0.2, 0) is 6.18 Å². The van der Waals surface area contributed by atoms with E-state index in [0.29, 0.717) is 4.90 Å². The molecule has 0 spiro atoms. The Morgan fingerprint density at radius 1 is 1.42 bits per heavy atom. The third-order valence-corrected chi connectivity index (χ3v) is 2.22. The molecule has 1 rings (SSSR count). The number of rotatable bonds is 1. The highest BCUT2D eigenvalue weighted by atomic mass is 33.1. The lowest BCUT2D eigenvalue weighted by atomic mass is 10.3. The van der Waals surface area contributed by atoms with E-state index in [4.69, 9.17) is 0 Å². The van der Waals surface area contributed by atoms with Gasteiger partial charge in [-0.15, -0.1) is 11.7 Å². The number of nitrogens with zero attached hydrogens (tertiary/aromatic N) is 1. The third-order valence-electron chi connectivity index (χ3n) is 1.13. The smallest absolute Gasteiger partial charge is 0.252 e. The summed E-state index contributed by atoms with van der Waals surface area (Å²) in [6.07, 6.45) is -3.26. The first-order valence-corrected chi connectivity index (χ1v) is 4.75. The summed E-state index contributed by atoms with van der Waals surface area (Å²) < 4.78 is 36.0. The minimum atomic E-state index is -4.38. The van der Waals surface area contributed by atoms with Gasteiger partial charge in [0.15, 0.2) is 0 Å². The lowest BCUT2D eigenvalue weighted by molar-refractivity contribution is -0.141. The molecule has 0 aliphatic carbocycles. The van der Waals surface area contributed by atoms with Crippen molar-refractivity contribution in [3.8, 4) is 0 Å². The van der Waals surface area contributed by atoms with Crippen LogP contribution in [0.2, 0.25) is 0 Å². The van der Waals surface area contributed by atoms with Crippen LogP contribution in [0.1, 0.15) is 5.69 Å². The van der Waals surface area contributed by atoms with Crippen LogP contribution in [0, 0.1) is 0 Å². The first-order chi connectivity index (χ1) is 5.54. The van der Waals surface area contributed by atoms with Crippen LogP contribution in [0.5, 0.6) is 0 Å². The number of alkyl halides is 3. The zero-order valence-corrected chi connectivity index (χ0v) is 7.38. The average molecular weight is 211 g/mol. The van der Waals surface area contributed by atoms with Gasteiger partial charge in [-0.2, -0.15) is 13.2 Å². The van der Waals surface area contributed by atoms with Crippen molar-refractivity contribution in [2.75, 3.05) is 0 Å². The van der Waals surface area contributed by atoms with Crippen LogP contribution >= 0.6 is 22.5 Å². The summed E-state index contributed by atoms with van der Waals surface area (Å²) in [7, 11) is 0.954. The van der Waals surface area contributed by atoms with Crippen LogP contribution < -0.4 is 0 Å². The Kier molecular flexibility index (Phi) is 2.89. The highest BCUT2D eigenvalue weighted by Crippen LogP contribution is 2.30. The van der Waals surface area contributed by atoms with E-state index in [1.165, 1.54) is 6.07 Å². The number of halogens is 3. The fourth-order valence-electron chi connectivity index (χ4n) is 0.623. The van der Waals surface area contributed by atoms with Gasteiger partial charge in [0.05, 0.1) is 0 Å². The molecule has 0 atom stereocenters. The molecule has 1 aromatic rings. The molecule has 1 heterocycles. The summed E-state index contributed by atoms with van der Waals surface area (Å²) in [6, 6.07) is 2.42. The van der Waals surface area contributed by atoms with Gasteiger partial charge in [-0.3, -0.25) is 4.98 Å². The standard InChI is InChI=1S/C6H4F3NS2/c7-6(8,9)5-3-4(12-11)1-2-10-5/h1-3,11H. The summed E-state index contributed by atoms with van der Waals surface area (Å²) >= 11 is 3.77. The SMILES string of the molecule is FC(F)(F)c1cc(SS)ccn1. The Labute approximate surface area is 76.2 Å². The van der Waals surface area contributed by atoms with E-state index < -0.39 is 11.9 Å². The molecule has 0 saturated heterocycles. The molecule has 0 radical (unpaired) electrons. The van der Waals surface area contributed by atoms with Crippen molar-refractivity contribution in [1.29, 1.82) is 0 Å². The zero-order valence-electron chi connectivity index (χ0n) is 5.67. The van der Waals surface area contributed by atoms with Gasteiger partial charge in [-0.1, -0.05) is 10.8 Å². The van der Waals surface area contributed by atoms with Gasteiger partial charge < -0.3 is 0 Å². The molecule has 0 aliphatic rings. The van der Waals surface area contributed by atoms with E-state index in [2.05, 4.69) is 16.6 Å². The van der Waals surface area contributed by atoms with Crippen molar-refractivity contribution < 1.29 is 13.2 Å². The predicted molar refractivity (Wildman–Crippen MR) is 44.1 cm³/mol. The molecule has 0 bridgehead atoms. The fraction of sp³-hybridized carbons (Fsp3) is 0.167. The minimum absolute atomic E-state index is 0.431. The van der Waals surface area contributed by atoms with Gasteiger partial charge in [0, 0.05) is 11.1 Å². The van der Waals surface area contributed by atoms with E-state index in [0.717, 1.165) is 23.1 Å². The second-order valence-corrected chi connectivity index (χ2v) is 3.17.